The van der Waals surface area contributed by atoms with Crippen LogP contribution in [0.3, 0.4) is 0 Å². The van der Waals surface area contributed by atoms with Gasteiger partial charge in [0.25, 0.3) is 0 Å². The molecule has 6 nitrogen and oxygen atoms in total. The zero-order valence-electron chi connectivity index (χ0n) is 13.6. The molecule has 0 spiro atoms. The number of carbonyl (C=O) groups is 2. The van der Waals surface area contributed by atoms with Crippen molar-refractivity contribution in [3.8, 4) is 11.5 Å². The lowest BCUT2D eigenvalue weighted by Gasteiger charge is -2.20. The first-order valence-electron chi connectivity index (χ1n) is 7.02. The van der Waals surface area contributed by atoms with Gasteiger partial charge in [-0.3, -0.25) is 9.59 Å². The van der Waals surface area contributed by atoms with Gasteiger partial charge in [0.1, 0.15) is 0 Å². The normalized spacial score (nSPS) is 11.7. The smallest absolute Gasteiger partial charge is 0.307 e. The summed E-state index contributed by atoms with van der Waals surface area (Å²) in [5.41, 5.74) is 0.747. The molecule has 1 atom stereocenters. The maximum atomic E-state index is 12.0. The van der Waals surface area contributed by atoms with Crippen LogP contribution in [0.25, 0.3) is 0 Å². The van der Waals surface area contributed by atoms with Crippen molar-refractivity contribution in [3.05, 3.63) is 23.8 Å². The minimum atomic E-state index is -0.484. The SMILES string of the molecule is COC(=O)C[C@@H](NC(=O)C(C)C)c1ccc(OC)c(OC)c1. The number of amides is 1. The molecule has 0 radical (unpaired) electrons. The molecule has 0 fully saturated rings. The first-order valence-corrected chi connectivity index (χ1v) is 7.02. The Hall–Kier alpha value is -2.24. The van der Waals surface area contributed by atoms with Crippen molar-refractivity contribution in [1.82, 2.24) is 5.32 Å². The van der Waals surface area contributed by atoms with E-state index >= 15 is 0 Å². The molecule has 0 heterocycles. The second-order valence-electron chi connectivity index (χ2n) is 5.11. The third-order valence-electron chi connectivity index (χ3n) is 3.25. The van der Waals surface area contributed by atoms with Crippen LogP contribution < -0.4 is 14.8 Å². The summed E-state index contributed by atoms with van der Waals surface area (Å²) in [6.45, 7) is 3.58. The van der Waals surface area contributed by atoms with Crippen molar-refractivity contribution in [3.63, 3.8) is 0 Å². The predicted octanol–water partition coefficient (Wildman–Crippen LogP) is 2.08. The van der Waals surface area contributed by atoms with Gasteiger partial charge in [0.15, 0.2) is 11.5 Å². The first-order chi connectivity index (χ1) is 10.4. The van der Waals surface area contributed by atoms with E-state index < -0.39 is 12.0 Å². The number of carbonyl (C=O) groups excluding carboxylic acids is 2. The van der Waals surface area contributed by atoms with Gasteiger partial charge in [-0.25, -0.2) is 0 Å². The quantitative estimate of drug-likeness (QED) is 0.781. The third kappa shape index (κ3) is 4.65. The van der Waals surface area contributed by atoms with Crippen LogP contribution in [0.15, 0.2) is 18.2 Å². The van der Waals surface area contributed by atoms with Gasteiger partial charge in [-0.1, -0.05) is 19.9 Å². The van der Waals surface area contributed by atoms with Crippen LogP contribution >= 0.6 is 0 Å². The van der Waals surface area contributed by atoms with E-state index in [1.165, 1.54) is 14.2 Å². The zero-order valence-corrected chi connectivity index (χ0v) is 13.6. The minimum absolute atomic E-state index is 0.0461. The van der Waals surface area contributed by atoms with E-state index in [4.69, 9.17) is 14.2 Å². The van der Waals surface area contributed by atoms with Gasteiger partial charge in [-0.15, -0.1) is 0 Å². The van der Waals surface area contributed by atoms with E-state index in [0.29, 0.717) is 11.5 Å². The lowest BCUT2D eigenvalue weighted by Crippen LogP contribution is -2.33. The highest BCUT2D eigenvalue weighted by atomic mass is 16.5. The Morgan fingerprint density at radius 3 is 2.23 bits per heavy atom. The second kappa shape index (κ2) is 8.26. The molecular formula is C16H23NO5. The molecule has 0 unspecified atom stereocenters. The Morgan fingerprint density at radius 2 is 1.73 bits per heavy atom. The Bertz CT molecular complexity index is 527. The summed E-state index contributed by atoms with van der Waals surface area (Å²) < 4.78 is 15.1. The number of ether oxygens (including phenoxy) is 3. The van der Waals surface area contributed by atoms with Crippen LogP contribution in [0.4, 0.5) is 0 Å². The van der Waals surface area contributed by atoms with Crippen molar-refractivity contribution in [2.24, 2.45) is 5.92 Å². The summed E-state index contributed by atoms with van der Waals surface area (Å²) >= 11 is 0. The Kier molecular flexibility index (Phi) is 6.69. The minimum Gasteiger partial charge on any atom is -0.493 e. The number of methoxy groups -OCH3 is 3. The molecule has 6 heteroatoms. The Morgan fingerprint density at radius 1 is 1.09 bits per heavy atom. The van der Waals surface area contributed by atoms with E-state index in [9.17, 15) is 9.59 Å². The lowest BCUT2D eigenvalue weighted by atomic mass is 10.0. The van der Waals surface area contributed by atoms with Crippen LogP contribution in [0.1, 0.15) is 31.9 Å². The molecule has 0 aliphatic carbocycles. The number of hydrogen-bond acceptors (Lipinski definition) is 5. The molecule has 1 rings (SSSR count). The largest absolute Gasteiger partial charge is 0.493 e. The summed E-state index contributed by atoms with van der Waals surface area (Å²) in [4.78, 5) is 23.5. The maximum absolute atomic E-state index is 12.0. The molecule has 0 saturated heterocycles. The van der Waals surface area contributed by atoms with Gasteiger partial charge in [0.05, 0.1) is 33.8 Å². The van der Waals surface area contributed by atoms with Gasteiger partial charge in [-0.05, 0) is 17.7 Å². The van der Waals surface area contributed by atoms with Crippen molar-refractivity contribution in [2.45, 2.75) is 26.3 Å². The molecular weight excluding hydrogens is 286 g/mol. The number of rotatable bonds is 7. The van der Waals surface area contributed by atoms with Gasteiger partial charge in [0.2, 0.25) is 5.91 Å². The van der Waals surface area contributed by atoms with Gasteiger partial charge >= 0.3 is 5.97 Å². The maximum Gasteiger partial charge on any atom is 0.307 e. The summed E-state index contributed by atoms with van der Waals surface area (Å²) in [5, 5.41) is 2.85. The monoisotopic (exact) mass is 309 g/mol. The van der Waals surface area contributed by atoms with E-state index in [-0.39, 0.29) is 18.2 Å². The standard InChI is InChI=1S/C16H23NO5/c1-10(2)16(19)17-12(9-15(18)22-5)11-6-7-13(20-3)14(8-11)21-4/h6-8,10,12H,9H2,1-5H3,(H,17,19)/t12-/m1/s1. The van der Waals surface area contributed by atoms with Gasteiger partial charge in [0, 0.05) is 5.92 Å². The molecule has 1 aromatic carbocycles. The van der Waals surface area contributed by atoms with E-state index in [2.05, 4.69) is 5.32 Å². The molecule has 0 aliphatic rings. The number of hydrogen-bond donors (Lipinski definition) is 1. The highest BCUT2D eigenvalue weighted by Gasteiger charge is 2.21. The zero-order chi connectivity index (χ0) is 16.7. The van der Waals surface area contributed by atoms with Crippen LogP contribution in [-0.2, 0) is 14.3 Å². The lowest BCUT2D eigenvalue weighted by molar-refractivity contribution is -0.141. The molecule has 22 heavy (non-hydrogen) atoms. The number of benzene rings is 1. The van der Waals surface area contributed by atoms with Crippen LogP contribution in [-0.4, -0.2) is 33.2 Å². The Balaban J connectivity index is 3.08. The van der Waals surface area contributed by atoms with Crippen LogP contribution in [0.5, 0.6) is 11.5 Å². The average molecular weight is 309 g/mol. The summed E-state index contributed by atoms with van der Waals surface area (Å²) in [5.74, 6) is 0.403. The fourth-order valence-electron chi connectivity index (χ4n) is 1.91. The summed E-state index contributed by atoms with van der Waals surface area (Å²) in [6, 6.07) is 4.78. The molecule has 1 N–H and O–H groups in total. The molecule has 0 bridgehead atoms. The van der Waals surface area contributed by atoms with Crippen molar-refractivity contribution < 1.29 is 23.8 Å². The van der Waals surface area contributed by atoms with Crippen molar-refractivity contribution >= 4 is 11.9 Å². The van der Waals surface area contributed by atoms with Crippen molar-refractivity contribution in [2.75, 3.05) is 21.3 Å². The van der Waals surface area contributed by atoms with Gasteiger partial charge in [-0.2, -0.15) is 0 Å². The van der Waals surface area contributed by atoms with Gasteiger partial charge < -0.3 is 19.5 Å². The molecule has 1 amide bonds. The molecule has 0 saturated carbocycles. The fraction of sp³-hybridized carbons (Fsp3) is 0.500. The van der Waals surface area contributed by atoms with Crippen molar-refractivity contribution in [1.29, 1.82) is 0 Å². The second-order valence-corrected chi connectivity index (χ2v) is 5.11. The first kappa shape index (κ1) is 17.8. The van der Waals surface area contributed by atoms with E-state index in [1.807, 2.05) is 0 Å². The highest BCUT2D eigenvalue weighted by Crippen LogP contribution is 2.31. The van der Waals surface area contributed by atoms with Crippen LogP contribution in [0, 0.1) is 5.92 Å². The molecule has 0 aromatic heterocycles. The Labute approximate surface area is 130 Å². The summed E-state index contributed by atoms with van der Waals surface area (Å²) in [6.07, 6.45) is 0.0461. The third-order valence-corrected chi connectivity index (χ3v) is 3.25. The number of nitrogens with one attached hydrogen (secondary N) is 1. The molecule has 1 aromatic rings. The average Bonchev–Trinajstić information content (AvgIpc) is 2.52. The molecule has 122 valence electrons. The summed E-state index contributed by atoms with van der Waals surface area (Å²) in [7, 11) is 4.39. The fourth-order valence-corrected chi connectivity index (χ4v) is 1.91. The van der Waals surface area contributed by atoms with E-state index in [0.717, 1.165) is 5.56 Å². The topological polar surface area (TPSA) is 73.9 Å². The van der Waals surface area contributed by atoms with Crippen LogP contribution in [0.2, 0.25) is 0 Å². The highest BCUT2D eigenvalue weighted by molar-refractivity contribution is 5.79. The van der Waals surface area contributed by atoms with E-state index in [1.54, 1.807) is 39.2 Å². The predicted molar refractivity (Wildman–Crippen MR) is 81.9 cm³/mol. The molecule has 0 aliphatic heterocycles. The number of esters is 1.